The quantitative estimate of drug-likeness (QED) is 0.762. The molecule has 0 heterocycles. The Morgan fingerprint density at radius 3 is 2.25 bits per heavy atom. The second kappa shape index (κ2) is 9.10. The minimum atomic E-state index is -4.39. The summed E-state index contributed by atoms with van der Waals surface area (Å²) in [5.41, 5.74) is 9.01. The zero-order chi connectivity index (χ0) is 20.9. The summed E-state index contributed by atoms with van der Waals surface area (Å²) in [5.74, 6) is 0.116. The maximum Gasteiger partial charge on any atom is 0.422 e. The molecule has 4 nitrogen and oxygen atoms in total. The Balaban J connectivity index is 2.01. The number of benzene rings is 2. The molecule has 0 aromatic heterocycles. The summed E-state index contributed by atoms with van der Waals surface area (Å²) >= 11 is 0. The van der Waals surface area contributed by atoms with Crippen molar-refractivity contribution in [1.82, 2.24) is 4.90 Å². The van der Waals surface area contributed by atoms with Crippen molar-refractivity contribution in [3.8, 4) is 5.75 Å². The van der Waals surface area contributed by atoms with Crippen LogP contribution in [0.3, 0.4) is 0 Å². The van der Waals surface area contributed by atoms with Crippen LogP contribution in [0, 0.1) is 13.8 Å². The van der Waals surface area contributed by atoms with E-state index in [1.54, 1.807) is 37.9 Å². The lowest BCUT2D eigenvalue weighted by Gasteiger charge is -2.21. The van der Waals surface area contributed by atoms with Gasteiger partial charge >= 0.3 is 6.18 Å². The molecule has 0 aliphatic carbocycles. The number of alkyl halides is 3. The SMILES string of the molecule is Cc1cc(CN(C)C(=O)CC(N)c2ccccc2)cc(C)c1OCC(F)(F)F. The molecule has 2 aromatic carbocycles. The zero-order valence-corrected chi connectivity index (χ0v) is 16.2. The molecule has 0 bridgehead atoms. The normalized spacial score (nSPS) is 12.5. The molecule has 7 heteroatoms. The van der Waals surface area contributed by atoms with Crippen LogP contribution in [0.2, 0.25) is 0 Å². The van der Waals surface area contributed by atoms with Gasteiger partial charge in [0.15, 0.2) is 6.61 Å². The molecular formula is C21H25F3N2O2. The van der Waals surface area contributed by atoms with Gasteiger partial charge in [-0.05, 0) is 36.1 Å². The highest BCUT2D eigenvalue weighted by Crippen LogP contribution is 2.27. The van der Waals surface area contributed by atoms with Gasteiger partial charge in [0.25, 0.3) is 0 Å². The van der Waals surface area contributed by atoms with E-state index in [2.05, 4.69) is 0 Å². The summed E-state index contributed by atoms with van der Waals surface area (Å²) in [4.78, 5) is 14.0. The van der Waals surface area contributed by atoms with E-state index in [-0.39, 0.29) is 18.1 Å². The van der Waals surface area contributed by atoms with E-state index in [0.717, 1.165) is 11.1 Å². The van der Waals surface area contributed by atoms with Gasteiger partial charge in [-0.1, -0.05) is 42.5 Å². The fraction of sp³-hybridized carbons (Fsp3) is 0.381. The van der Waals surface area contributed by atoms with Crippen LogP contribution in [0.4, 0.5) is 13.2 Å². The van der Waals surface area contributed by atoms with Crippen LogP contribution in [-0.4, -0.2) is 30.6 Å². The smallest absolute Gasteiger partial charge is 0.422 e. The average Bonchev–Trinajstić information content (AvgIpc) is 2.60. The predicted molar refractivity (Wildman–Crippen MR) is 102 cm³/mol. The molecule has 0 aliphatic rings. The number of hydrogen-bond acceptors (Lipinski definition) is 3. The maximum absolute atomic E-state index is 12.5. The average molecular weight is 394 g/mol. The van der Waals surface area contributed by atoms with Crippen LogP contribution in [0.25, 0.3) is 0 Å². The van der Waals surface area contributed by atoms with Gasteiger partial charge in [-0.25, -0.2) is 0 Å². The monoisotopic (exact) mass is 394 g/mol. The molecule has 2 rings (SSSR count). The molecule has 0 spiro atoms. The van der Waals surface area contributed by atoms with Crippen LogP contribution in [0.1, 0.15) is 34.7 Å². The molecule has 152 valence electrons. The molecule has 1 amide bonds. The molecule has 1 atom stereocenters. The Labute approximate surface area is 163 Å². The van der Waals surface area contributed by atoms with E-state index >= 15 is 0 Å². The molecule has 0 fully saturated rings. The predicted octanol–water partition coefficient (Wildman–Crippen LogP) is 4.29. The van der Waals surface area contributed by atoms with E-state index in [9.17, 15) is 18.0 Å². The number of nitrogens with two attached hydrogens (primary N) is 1. The lowest BCUT2D eigenvalue weighted by Crippen LogP contribution is -2.29. The van der Waals surface area contributed by atoms with Gasteiger partial charge in [0.05, 0.1) is 0 Å². The van der Waals surface area contributed by atoms with E-state index < -0.39 is 18.8 Å². The highest BCUT2D eigenvalue weighted by Gasteiger charge is 2.29. The van der Waals surface area contributed by atoms with Crippen LogP contribution < -0.4 is 10.5 Å². The van der Waals surface area contributed by atoms with Crippen molar-refractivity contribution in [2.45, 2.75) is 39.0 Å². The summed E-state index contributed by atoms with van der Waals surface area (Å²) < 4.78 is 42.1. The molecule has 0 saturated carbocycles. The molecule has 28 heavy (non-hydrogen) atoms. The van der Waals surface area contributed by atoms with Gasteiger partial charge in [0, 0.05) is 26.1 Å². The number of halogens is 3. The van der Waals surface area contributed by atoms with Crippen molar-refractivity contribution in [3.05, 3.63) is 64.7 Å². The van der Waals surface area contributed by atoms with E-state index in [0.29, 0.717) is 17.7 Å². The Hall–Kier alpha value is -2.54. The van der Waals surface area contributed by atoms with E-state index in [1.807, 2.05) is 30.3 Å². The molecule has 0 radical (unpaired) electrons. The van der Waals surface area contributed by atoms with Crippen LogP contribution in [-0.2, 0) is 11.3 Å². The van der Waals surface area contributed by atoms with Crippen molar-refractivity contribution in [2.75, 3.05) is 13.7 Å². The third kappa shape index (κ3) is 6.27. The summed E-state index contributed by atoms with van der Waals surface area (Å²) in [5, 5.41) is 0. The molecular weight excluding hydrogens is 369 g/mol. The minimum absolute atomic E-state index is 0.107. The highest BCUT2D eigenvalue weighted by atomic mass is 19.4. The lowest BCUT2D eigenvalue weighted by molar-refractivity contribution is -0.153. The van der Waals surface area contributed by atoms with E-state index in [4.69, 9.17) is 10.5 Å². The molecule has 2 N–H and O–H groups in total. The van der Waals surface area contributed by atoms with E-state index in [1.165, 1.54) is 0 Å². The van der Waals surface area contributed by atoms with Crippen molar-refractivity contribution in [1.29, 1.82) is 0 Å². The third-order valence-corrected chi connectivity index (χ3v) is 4.37. The maximum atomic E-state index is 12.5. The summed E-state index contributed by atoms with van der Waals surface area (Å²) in [6.45, 7) is 2.38. The van der Waals surface area contributed by atoms with Gasteiger partial charge in [-0.3, -0.25) is 4.79 Å². The minimum Gasteiger partial charge on any atom is -0.484 e. The first-order valence-corrected chi connectivity index (χ1v) is 8.91. The molecule has 1 unspecified atom stereocenters. The molecule has 2 aromatic rings. The number of carbonyl (C=O) groups excluding carboxylic acids is 1. The topological polar surface area (TPSA) is 55.6 Å². The van der Waals surface area contributed by atoms with Crippen molar-refractivity contribution < 1.29 is 22.7 Å². The number of amides is 1. The van der Waals surface area contributed by atoms with Gasteiger partial charge < -0.3 is 15.4 Å². The van der Waals surface area contributed by atoms with Gasteiger partial charge in [0.1, 0.15) is 5.75 Å². The zero-order valence-electron chi connectivity index (χ0n) is 16.2. The Morgan fingerprint density at radius 1 is 1.14 bits per heavy atom. The molecule has 0 aliphatic heterocycles. The number of rotatable bonds is 7. The van der Waals surface area contributed by atoms with Gasteiger partial charge in [0.2, 0.25) is 5.91 Å². The van der Waals surface area contributed by atoms with Crippen LogP contribution in [0.5, 0.6) is 5.75 Å². The Kier molecular flexibility index (Phi) is 7.07. The highest BCUT2D eigenvalue weighted by molar-refractivity contribution is 5.76. The van der Waals surface area contributed by atoms with Gasteiger partial charge in [-0.15, -0.1) is 0 Å². The van der Waals surface area contributed by atoms with Crippen LogP contribution >= 0.6 is 0 Å². The largest absolute Gasteiger partial charge is 0.484 e. The number of ether oxygens (including phenoxy) is 1. The second-order valence-corrected chi connectivity index (χ2v) is 6.93. The first kappa shape index (κ1) is 21.8. The fourth-order valence-corrected chi connectivity index (χ4v) is 3.04. The Bertz CT molecular complexity index is 784. The van der Waals surface area contributed by atoms with Crippen molar-refractivity contribution >= 4 is 5.91 Å². The van der Waals surface area contributed by atoms with Crippen molar-refractivity contribution in [2.24, 2.45) is 5.73 Å². The van der Waals surface area contributed by atoms with Gasteiger partial charge in [-0.2, -0.15) is 13.2 Å². The summed E-state index contributed by atoms with van der Waals surface area (Å²) in [6.07, 6.45) is -4.22. The summed E-state index contributed by atoms with van der Waals surface area (Å²) in [7, 11) is 1.68. The standard InChI is InChI=1S/C21H25F3N2O2/c1-14-9-16(10-15(2)20(14)28-13-21(22,23)24)12-26(3)19(27)11-18(25)17-7-5-4-6-8-17/h4-10,18H,11-13,25H2,1-3H3. The number of carbonyl (C=O) groups is 1. The Morgan fingerprint density at radius 2 is 1.71 bits per heavy atom. The lowest BCUT2D eigenvalue weighted by atomic mass is 10.0. The fourth-order valence-electron chi connectivity index (χ4n) is 3.04. The first-order chi connectivity index (χ1) is 13.1. The van der Waals surface area contributed by atoms with Crippen molar-refractivity contribution in [3.63, 3.8) is 0 Å². The summed E-state index contributed by atoms with van der Waals surface area (Å²) in [6, 6.07) is 12.5. The molecule has 0 saturated heterocycles. The number of hydrogen-bond donors (Lipinski definition) is 1. The second-order valence-electron chi connectivity index (χ2n) is 6.93. The number of aryl methyl sites for hydroxylation is 2. The third-order valence-electron chi connectivity index (χ3n) is 4.37. The van der Waals surface area contributed by atoms with Crippen LogP contribution in [0.15, 0.2) is 42.5 Å². The first-order valence-electron chi connectivity index (χ1n) is 8.91. The number of nitrogens with zero attached hydrogens (tertiary/aromatic N) is 1.